The zero-order chi connectivity index (χ0) is 12.8. The van der Waals surface area contributed by atoms with Crippen molar-refractivity contribution in [2.24, 2.45) is 0 Å². The number of carbonyl (C=O) groups excluding carboxylic acids is 1. The fourth-order valence-electron chi connectivity index (χ4n) is 2.66. The molecule has 0 saturated carbocycles. The third kappa shape index (κ3) is 1.69. The van der Waals surface area contributed by atoms with Crippen molar-refractivity contribution in [3.05, 3.63) is 47.7 Å². The van der Waals surface area contributed by atoms with Crippen molar-refractivity contribution in [3.8, 4) is 11.3 Å². The Balaban J connectivity index is 2.15. The van der Waals surface area contributed by atoms with E-state index in [4.69, 9.17) is 4.42 Å². The summed E-state index contributed by atoms with van der Waals surface area (Å²) in [6.07, 6.45) is 3.22. The lowest BCUT2D eigenvalue weighted by molar-refractivity contribution is 0.0957. The molecule has 2 nitrogen and oxygen atoms in total. The molecule has 2 aromatic rings. The number of fused-ring (bicyclic) bond motifs is 1. The summed E-state index contributed by atoms with van der Waals surface area (Å²) in [6, 6.07) is 9.86. The quantitative estimate of drug-likeness (QED) is 0.747. The molecule has 3 rings (SSSR count). The molecule has 1 aliphatic rings. The van der Waals surface area contributed by atoms with Gasteiger partial charge in [-0.2, -0.15) is 0 Å². The Hall–Kier alpha value is -1.83. The molecule has 1 heterocycles. The fraction of sp³-hybridized carbons (Fsp3) is 0.312. The van der Waals surface area contributed by atoms with Gasteiger partial charge in [-0.05, 0) is 35.6 Å². The van der Waals surface area contributed by atoms with Crippen LogP contribution in [0.4, 0.5) is 0 Å². The summed E-state index contributed by atoms with van der Waals surface area (Å²) in [5, 5.41) is 0. The van der Waals surface area contributed by atoms with Gasteiger partial charge in [0.1, 0.15) is 5.76 Å². The highest BCUT2D eigenvalue weighted by atomic mass is 16.3. The van der Waals surface area contributed by atoms with E-state index < -0.39 is 0 Å². The van der Waals surface area contributed by atoms with Crippen LogP contribution in [-0.2, 0) is 5.41 Å². The maximum absolute atomic E-state index is 12.1. The number of hydrogen-bond acceptors (Lipinski definition) is 2. The number of hydrogen-bond donors (Lipinski definition) is 0. The molecule has 0 bridgehead atoms. The average molecular weight is 240 g/mol. The van der Waals surface area contributed by atoms with Crippen molar-refractivity contribution in [2.45, 2.75) is 32.1 Å². The molecule has 92 valence electrons. The Bertz CT molecular complexity index is 592. The molecule has 0 aliphatic heterocycles. The van der Waals surface area contributed by atoms with Crippen molar-refractivity contribution in [1.82, 2.24) is 0 Å². The number of Topliss-reactive ketones (excluding diaryl/α,β-unsaturated/α-hetero) is 1. The Morgan fingerprint density at radius 2 is 2.06 bits per heavy atom. The van der Waals surface area contributed by atoms with E-state index in [1.165, 1.54) is 0 Å². The molecule has 1 aromatic carbocycles. The van der Waals surface area contributed by atoms with Gasteiger partial charge in [-0.15, -0.1) is 0 Å². The first-order chi connectivity index (χ1) is 8.58. The van der Waals surface area contributed by atoms with Crippen LogP contribution in [0.5, 0.6) is 0 Å². The van der Waals surface area contributed by atoms with Crippen LogP contribution in [0.15, 0.2) is 41.0 Å². The van der Waals surface area contributed by atoms with Gasteiger partial charge >= 0.3 is 0 Å². The van der Waals surface area contributed by atoms with Crippen molar-refractivity contribution in [3.63, 3.8) is 0 Å². The summed E-state index contributed by atoms with van der Waals surface area (Å²) in [5.74, 6) is 1.06. The van der Waals surface area contributed by atoms with Gasteiger partial charge in [0.15, 0.2) is 5.78 Å². The van der Waals surface area contributed by atoms with E-state index in [0.29, 0.717) is 6.42 Å². The first-order valence-electron chi connectivity index (χ1n) is 6.29. The predicted octanol–water partition coefficient (Wildman–Crippen LogP) is 4.20. The van der Waals surface area contributed by atoms with Crippen LogP contribution in [0.25, 0.3) is 11.3 Å². The van der Waals surface area contributed by atoms with Crippen molar-refractivity contribution >= 4 is 5.78 Å². The number of carbonyl (C=O) groups is 1. The topological polar surface area (TPSA) is 30.2 Å². The van der Waals surface area contributed by atoms with E-state index in [0.717, 1.165) is 28.9 Å². The highest BCUT2D eigenvalue weighted by molar-refractivity contribution is 6.00. The summed E-state index contributed by atoms with van der Waals surface area (Å²) >= 11 is 0. The van der Waals surface area contributed by atoms with Gasteiger partial charge in [0, 0.05) is 17.5 Å². The predicted molar refractivity (Wildman–Crippen MR) is 70.7 cm³/mol. The Morgan fingerprint density at radius 3 is 2.78 bits per heavy atom. The minimum absolute atomic E-state index is 0.0882. The second-order valence-electron chi connectivity index (χ2n) is 5.54. The van der Waals surface area contributed by atoms with Gasteiger partial charge in [0.25, 0.3) is 0 Å². The minimum Gasteiger partial charge on any atom is -0.464 e. The molecule has 0 unspecified atom stereocenters. The maximum atomic E-state index is 12.1. The zero-order valence-electron chi connectivity index (χ0n) is 10.7. The summed E-state index contributed by atoms with van der Waals surface area (Å²) in [6.45, 7) is 4.40. The molecule has 18 heavy (non-hydrogen) atoms. The van der Waals surface area contributed by atoms with Crippen LogP contribution >= 0.6 is 0 Å². The average Bonchev–Trinajstić information content (AvgIpc) is 2.88. The molecule has 0 atom stereocenters. The van der Waals surface area contributed by atoms with E-state index in [-0.39, 0.29) is 11.2 Å². The standard InChI is InChI=1S/C16H16O2/c1-16(2)8-7-14(17)12-10-11(5-6-13(12)16)15-4-3-9-18-15/h3-6,9-10H,7-8H2,1-2H3. The highest BCUT2D eigenvalue weighted by Gasteiger charge is 2.31. The van der Waals surface area contributed by atoms with E-state index in [1.807, 2.05) is 24.3 Å². The first-order valence-corrected chi connectivity index (χ1v) is 6.29. The molecule has 1 aliphatic carbocycles. The second kappa shape index (κ2) is 3.84. The number of furan rings is 1. The Labute approximate surface area is 107 Å². The monoisotopic (exact) mass is 240 g/mol. The van der Waals surface area contributed by atoms with E-state index in [1.54, 1.807) is 6.26 Å². The number of rotatable bonds is 1. The third-order valence-electron chi connectivity index (χ3n) is 3.83. The lowest BCUT2D eigenvalue weighted by Gasteiger charge is -2.31. The number of benzene rings is 1. The minimum atomic E-state index is 0.0882. The van der Waals surface area contributed by atoms with Crippen molar-refractivity contribution < 1.29 is 9.21 Å². The van der Waals surface area contributed by atoms with Crippen LogP contribution in [-0.4, -0.2) is 5.78 Å². The van der Waals surface area contributed by atoms with Gasteiger partial charge in [-0.3, -0.25) is 4.79 Å². The molecule has 0 N–H and O–H groups in total. The lowest BCUT2D eigenvalue weighted by atomic mass is 9.72. The van der Waals surface area contributed by atoms with Crippen LogP contribution < -0.4 is 0 Å². The van der Waals surface area contributed by atoms with Crippen LogP contribution in [0.3, 0.4) is 0 Å². The Morgan fingerprint density at radius 1 is 1.22 bits per heavy atom. The van der Waals surface area contributed by atoms with Crippen molar-refractivity contribution in [2.75, 3.05) is 0 Å². The molecule has 1 aromatic heterocycles. The van der Waals surface area contributed by atoms with Gasteiger partial charge in [-0.1, -0.05) is 26.0 Å². The molecule has 0 spiro atoms. The van der Waals surface area contributed by atoms with Gasteiger partial charge in [-0.25, -0.2) is 0 Å². The normalized spacial score (nSPS) is 17.6. The SMILES string of the molecule is CC1(C)CCC(=O)c2cc(-c3ccco3)ccc21. The first kappa shape index (κ1) is 11.3. The molecular weight excluding hydrogens is 224 g/mol. The summed E-state index contributed by atoms with van der Waals surface area (Å²) in [5.41, 5.74) is 3.09. The zero-order valence-corrected chi connectivity index (χ0v) is 10.7. The molecule has 0 amide bonds. The smallest absolute Gasteiger partial charge is 0.163 e. The lowest BCUT2D eigenvalue weighted by Crippen LogP contribution is -2.27. The summed E-state index contributed by atoms with van der Waals surface area (Å²) in [7, 11) is 0. The van der Waals surface area contributed by atoms with Crippen LogP contribution in [0.1, 0.15) is 42.6 Å². The molecule has 2 heteroatoms. The molecule has 0 saturated heterocycles. The number of ketones is 1. The van der Waals surface area contributed by atoms with Crippen molar-refractivity contribution in [1.29, 1.82) is 0 Å². The summed E-state index contributed by atoms with van der Waals surface area (Å²) in [4.78, 5) is 12.1. The molecular formula is C16H16O2. The Kier molecular flexibility index (Phi) is 2.40. The van der Waals surface area contributed by atoms with Gasteiger partial charge < -0.3 is 4.42 Å². The van der Waals surface area contributed by atoms with Gasteiger partial charge in [0.05, 0.1) is 6.26 Å². The second-order valence-corrected chi connectivity index (χ2v) is 5.54. The van der Waals surface area contributed by atoms with Gasteiger partial charge in [0.2, 0.25) is 0 Å². The van der Waals surface area contributed by atoms with E-state index in [9.17, 15) is 4.79 Å². The maximum Gasteiger partial charge on any atom is 0.163 e. The molecule has 0 fully saturated rings. The fourth-order valence-corrected chi connectivity index (χ4v) is 2.66. The molecule has 0 radical (unpaired) electrons. The highest BCUT2D eigenvalue weighted by Crippen LogP contribution is 2.38. The summed E-state index contributed by atoms with van der Waals surface area (Å²) < 4.78 is 5.39. The third-order valence-corrected chi connectivity index (χ3v) is 3.83. The van der Waals surface area contributed by atoms with Crippen LogP contribution in [0.2, 0.25) is 0 Å². The van der Waals surface area contributed by atoms with E-state index in [2.05, 4.69) is 19.9 Å². The van der Waals surface area contributed by atoms with Crippen LogP contribution in [0, 0.1) is 0 Å². The van der Waals surface area contributed by atoms with E-state index >= 15 is 0 Å². The largest absolute Gasteiger partial charge is 0.464 e.